The van der Waals surface area contributed by atoms with E-state index in [9.17, 15) is 43.2 Å². The molecule has 4 saturated heterocycles. The Bertz CT molecular complexity index is 2350. The third-order valence-electron chi connectivity index (χ3n) is 11.0. The van der Waals surface area contributed by atoms with Gasteiger partial charge in [0.15, 0.2) is 18.3 Å². The van der Waals surface area contributed by atoms with Gasteiger partial charge in [0.05, 0.1) is 38.8 Å². The molecule has 0 aromatic heterocycles. The van der Waals surface area contributed by atoms with Crippen molar-refractivity contribution in [2.45, 2.75) is 141 Å². The maximum absolute atomic E-state index is 14.7. The molecule has 0 radical (unpaired) electrons. The number of hydrogen-bond donors (Lipinski definition) is 2. The predicted molar refractivity (Wildman–Crippen MR) is 255 cm³/mol. The number of hydrogen-bond acceptors (Lipinski definition) is 22. The molecule has 0 spiro atoms. The van der Waals surface area contributed by atoms with Crippen molar-refractivity contribution in [1.82, 2.24) is 10.6 Å². The van der Waals surface area contributed by atoms with Gasteiger partial charge < -0.3 is 67.5 Å². The number of carbonyl (C=O) groups is 9. The fourth-order valence-corrected chi connectivity index (χ4v) is 9.78. The number of halogens is 3. The van der Waals surface area contributed by atoms with Crippen LogP contribution in [0.15, 0.2) is 65.6 Å². The van der Waals surface area contributed by atoms with Crippen molar-refractivity contribution in [3.63, 3.8) is 0 Å². The van der Waals surface area contributed by atoms with E-state index < -0.39 is 155 Å². The van der Waals surface area contributed by atoms with E-state index in [0.29, 0.717) is 10.5 Å². The first-order chi connectivity index (χ1) is 34.8. The molecule has 2 amide bonds. The molecule has 2 bridgehead atoms. The molecule has 4 heterocycles. The number of thioether (sulfide) groups is 1. The minimum atomic E-state index is -2.96. The molecule has 406 valence electrons. The van der Waals surface area contributed by atoms with E-state index in [-0.39, 0.29) is 13.0 Å². The Hall–Kier alpha value is -5.47. The van der Waals surface area contributed by atoms with Gasteiger partial charge in [0.1, 0.15) is 43.7 Å². The second-order valence-electron chi connectivity index (χ2n) is 16.9. The quantitative estimate of drug-likeness (QED) is 0.0965. The Morgan fingerprint density at radius 2 is 1.30 bits per heavy atom. The molecule has 4 fully saturated rings. The first-order valence-corrected chi connectivity index (χ1v) is 24.6. The van der Waals surface area contributed by atoms with Crippen LogP contribution in [0.2, 0.25) is 0 Å². The van der Waals surface area contributed by atoms with Crippen LogP contribution in [-0.2, 0) is 102 Å². The zero-order chi connectivity index (χ0) is 54.5. The lowest BCUT2D eigenvalue weighted by atomic mass is 9.85. The molecule has 12 atom stereocenters. The van der Waals surface area contributed by atoms with Gasteiger partial charge in [0.2, 0.25) is 8.73 Å². The first kappa shape index (κ1) is 59.4. The van der Waals surface area contributed by atoms with Crippen molar-refractivity contribution in [1.29, 1.82) is 0 Å². The van der Waals surface area contributed by atoms with E-state index in [4.69, 9.17) is 91.6 Å². The van der Waals surface area contributed by atoms with Gasteiger partial charge in [0.25, 0.3) is 11.7 Å². The Morgan fingerprint density at radius 3 is 1.85 bits per heavy atom. The van der Waals surface area contributed by atoms with E-state index in [0.717, 1.165) is 60.4 Å². The second-order valence-corrected chi connectivity index (χ2v) is 20.7. The van der Waals surface area contributed by atoms with Crippen LogP contribution in [-0.4, -0.2) is 156 Å². The number of carbonyl (C=O) groups excluding carboxylic acids is 9. The molecular formula is C47H55Cl3N2O21S. The zero-order valence-corrected chi connectivity index (χ0v) is 44.0. The van der Waals surface area contributed by atoms with Crippen molar-refractivity contribution >= 4 is 100 Å². The molecule has 2 N–H and O–H groups in total. The lowest BCUT2D eigenvalue weighted by molar-refractivity contribution is -0.339. The summed E-state index contributed by atoms with van der Waals surface area (Å²) >= 11 is 18.5. The van der Waals surface area contributed by atoms with Crippen molar-refractivity contribution in [2.75, 3.05) is 26.9 Å². The maximum atomic E-state index is 14.7. The highest BCUT2D eigenvalue weighted by Crippen LogP contribution is 2.49. The monoisotopic (exact) mass is 1120 g/mol. The zero-order valence-electron chi connectivity index (χ0n) is 40.9. The largest absolute Gasteiger partial charge is 0.465 e. The number of fused-ring (bicyclic) bond motifs is 3. The Balaban J connectivity index is 1.74. The molecule has 2 aromatic rings. The van der Waals surface area contributed by atoms with Crippen LogP contribution >= 0.6 is 46.6 Å². The van der Waals surface area contributed by atoms with Crippen molar-refractivity contribution in [2.24, 2.45) is 0 Å². The van der Waals surface area contributed by atoms with Gasteiger partial charge in [-0.15, -0.1) is 0 Å². The van der Waals surface area contributed by atoms with Gasteiger partial charge in [-0.3, -0.25) is 33.6 Å². The van der Waals surface area contributed by atoms with E-state index in [1.165, 1.54) is 0 Å². The van der Waals surface area contributed by atoms with Crippen LogP contribution in [0.25, 0.3) is 0 Å². The summed E-state index contributed by atoms with van der Waals surface area (Å²) in [4.78, 5) is 118. The van der Waals surface area contributed by atoms with Crippen molar-refractivity contribution in [3.8, 4) is 0 Å². The normalized spacial score (nSPS) is 25.8. The fraction of sp³-hybridized carbons (Fsp3) is 0.553. The minimum Gasteiger partial charge on any atom is -0.465 e. The fourth-order valence-electron chi connectivity index (χ4n) is 8.38. The Labute approximate surface area is 443 Å². The van der Waals surface area contributed by atoms with Crippen molar-refractivity contribution < 1.29 is 100.0 Å². The van der Waals surface area contributed by atoms with Gasteiger partial charge in [0, 0.05) is 52.9 Å². The molecule has 6 rings (SSSR count). The maximum Gasteiger partial charge on any atom is 0.407 e. The number of piperidine rings is 1. The number of rotatable bonds is 22. The summed E-state index contributed by atoms with van der Waals surface area (Å²) in [6, 6.07) is 14.2. The minimum absolute atomic E-state index is 0.134. The Morgan fingerprint density at radius 1 is 0.716 bits per heavy atom. The molecule has 4 aliphatic rings. The predicted octanol–water partition coefficient (Wildman–Crippen LogP) is 3.71. The van der Waals surface area contributed by atoms with E-state index in [1.807, 2.05) is 0 Å². The number of benzene rings is 2. The second kappa shape index (κ2) is 26.3. The Kier molecular flexibility index (Phi) is 21.1. The third kappa shape index (κ3) is 16.5. The number of nitrogens with one attached hydrogen (secondary N) is 2. The summed E-state index contributed by atoms with van der Waals surface area (Å²) in [5, 5.41) is 5.25. The summed E-state index contributed by atoms with van der Waals surface area (Å²) < 4.78 is 68.5. The van der Waals surface area contributed by atoms with Gasteiger partial charge in [-0.25, -0.2) is 9.59 Å². The van der Waals surface area contributed by atoms with E-state index in [2.05, 4.69) is 10.6 Å². The number of ether oxygens (including phenoxy) is 12. The van der Waals surface area contributed by atoms with Crippen LogP contribution in [0.5, 0.6) is 0 Å². The third-order valence-corrected chi connectivity index (χ3v) is 12.7. The van der Waals surface area contributed by atoms with Gasteiger partial charge in [-0.05, 0) is 17.7 Å². The average Bonchev–Trinajstić information content (AvgIpc) is 3.31. The SMILES string of the molecule is COC(=O)[C@@]1(O[C@H](COCc2ccccc2)[C@@H](OC(C)=O)[C@@H]2O[C@]3(Sc4ccccc4)C[C@H](OC(C)=O)[C@H]2NC3=O)C[C@H](OC(C)=O)[C@@H](NC(=O)OCC(Cl)(Cl)Cl)[C@H]([C@H](OC(C)=O)[C@@H](COC(C)=O)OC(C)=O)O1. The molecule has 0 unspecified atom stereocenters. The summed E-state index contributed by atoms with van der Waals surface area (Å²) in [7, 11) is 0.925. The molecule has 2 aromatic carbocycles. The number of morpholine rings is 1. The summed E-state index contributed by atoms with van der Waals surface area (Å²) in [6.07, 6.45) is -16.5. The number of alkyl halides is 3. The lowest BCUT2D eigenvalue weighted by Gasteiger charge is -2.54. The van der Waals surface area contributed by atoms with Crippen molar-refractivity contribution in [3.05, 3.63) is 66.2 Å². The number of amides is 2. The highest BCUT2D eigenvalue weighted by molar-refractivity contribution is 8.01. The molecular weight excluding hydrogens is 1070 g/mol. The van der Waals surface area contributed by atoms with Gasteiger partial charge >= 0.3 is 47.9 Å². The summed E-state index contributed by atoms with van der Waals surface area (Å²) in [5.74, 6) is -10.7. The molecule has 0 aliphatic carbocycles. The molecule has 23 nitrogen and oxygen atoms in total. The first-order valence-electron chi connectivity index (χ1n) is 22.6. The highest BCUT2D eigenvalue weighted by Gasteiger charge is 2.65. The number of methoxy groups -OCH3 is 1. The molecule has 74 heavy (non-hydrogen) atoms. The molecule has 0 saturated carbocycles. The van der Waals surface area contributed by atoms with Gasteiger partial charge in [-0.1, -0.05) is 95.1 Å². The van der Waals surface area contributed by atoms with Crippen LogP contribution in [0.4, 0.5) is 4.79 Å². The summed E-state index contributed by atoms with van der Waals surface area (Å²) in [6.45, 7) is 3.64. The molecule has 27 heteroatoms. The number of esters is 7. The van der Waals surface area contributed by atoms with E-state index in [1.54, 1.807) is 60.7 Å². The van der Waals surface area contributed by atoms with Crippen LogP contribution in [0.3, 0.4) is 0 Å². The number of alkyl carbamates (subject to hydrolysis) is 1. The van der Waals surface area contributed by atoms with Crippen LogP contribution in [0.1, 0.15) is 59.9 Å². The van der Waals surface area contributed by atoms with Gasteiger partial charge in [-0.2, -0.15) is 0 Å². The highest BCUT2D eigenvalue weighted by atomic mass is 35.6. The standard InChI is InChI=1S/C47H55Cl3N2O21S/c1-24(53)64-22-34(68-27(4)56)38(69-28(5)57)40-37(52-44(61)65-23-47(48,49)50)32(66-25(2)54)18-45(72-40,43(60)62-7)71-35(21-63-20-30-14-10-8-11-15-30)39(70-29(6)58)41-36-33(67-26(3)55)19-46(73-41,42(59)51-36)74-31-16-12-9-13-17-31/h8-17,32-41H,18-23H2,1-7H3,(H,51,59)(H,52,61)/t32-,33-,34+,35+,36+,37+,38+,39+,40+,41+,45+,46-/m0/s1. The molecule has 4 aliphatic heterocycles. The summed E-state index contributed by atoms with van der Waals surface area (Å²) in [5.41, 5.74) is 0.638. The average molecular weight is 1120 g/mol. The lowest BCUT2D eigenvalue weighted by Crippen LogP contribution is -2.76. The topological polar surface area (TPSA) is 288 Å². The van der Waals surface area contributed by atoms with Crippen LogP contribution < -0.4 is 10.6 Å². The smallest absolute Gasteiger partial charge is 0.407 e. The van der Waals surface area contributed by atoms with E-state index >= 15 is 0 Å². The van der Waals surface area contributed by atoms with Crippen LogP contribution in [0, 0.1) is 0 Å².